The van der Waals surface area contributed by atoms with Crippen molar-refractivity contribution in [3.63, 3.8) is 0 Å². The molecule has 2 N–H and O–H groups in total. The van der Waals surface area contributed by atoms with Crippen LogP contribution in [0.3, 0.4) is 0 Å². The molecule has 1 aromatic rings. The van der Waals surface area contributed by atoms with Gasteiger partial charge in [-0.3, -0.25) is 4.79 Å². The molecule has 1 atom stereocenters. The number of nitrogens with zero attached hydrogens (tertiary/aromatic N) is 3. The van der Waals surface area contributed by atoms with E-state index in [0.717, 1.165) is 51.3 Å². The second-order valence-corrected chi connectivity index (χ2v) is 6.29. The lowest BCUT2D eigenvalue weighted by atomic mass is 9.95. The molecular weight excluding hydrogens is 264 g/mol. The van der Waals surface area contributed by atoms with Crippen molar-refractivity contribution < 1.29 is 4.79 Å². The van der Waals surface area contributed by atoms with Crippen LogP contribution in [-0.4, -0.2) is 48.0 Å². The number of rotatable bonds is 2. The molecule has 0 saturated carbocycles. The third-order valence-corrected chi connectivity index (χ3v) is 4.60. The van der Waals surface area contributed by atoms with E-state index in [9.17, 15) is 4.79 Å². The van der Waals surface area contributed by atoms with Gasteiger partial charge >= 0.3 is 0 Å². The summed E-state index contributed by atoms with van der Waals surface area (Å²) in [4.78, 5) is 21.2. The van der Waals surface area contributed by atoms with Crippen LogP contribution in [0.2, 0.25) is 0 Å². The highest BCUT2D eigenvalue weighted by Crippen LogP contribution is 2.24. The van der Waals surface area contributed by atoms with Gasteiger partial charge in [0.05, 0.1) is 0 Å². The van der Waals surface area contributed by atoms with Gasteiger partial charge in [-0.25, -0.2) is 4.98 Å². The smallest absolute Gasteiger partial charge is 0.225 e. The normalized spacial score (nSPS) is 23.6. The lowest BCUT2D eigenvalue weighted by Gasteiger charge is -2.33. The summed E-state index contributed by atoms with van der Waals surface area (Å²) in [5.74, 6) is 1.49. The number of likely N-dealkylation sites (tertiary alicyclic amines) is 1. The molecule has 2 aliphatic rings. The summed E-state index contributed by atoms with van der Waals surface area (Å²) in [6.45, 7) is 5.43. The van der Waals surface area contributed by atoms with Crippen molar-refractivity contribution in [2.24, 2.45) is 11.7 Å². The van der Waals surface area contributed by atoms with Crippen LogP contribution in [0.5, 0.6) is 0 Å². The molecule has 2 aliphatic heterocycles. The number of pyridine rings is 1. The number of piperidine rings is 1. The molecule has 2 saturated heterocycles. The minimum atomic E-state index is 0.164. The van der Waals surface area contributed by atoms with Gasteiger partial charge in [0.1, 0.15) is 5.82 Å². The van der Waals surface area contributed by atoms with E-state index in [-0.39, 0.29) is 12.0 Å². The topological polar surface area (TPSA) is 62.5 Å². The predicted octanol–water partition coefficient (Wildman–Crippen LogP) is 1.17. The van der Waals surface area contributed by atoms with Gasteiger partial charge in [0, 0.05) is 44.3 Å². The van der Waals surface area contributed by atoms with Gasteiger partial charge in [-0.05, 0) is 37.8 Å². The molecule has 3 rings (SSSR count). The Labute approximate surface area is 126 Å². The summed E-state index contributed by atoms with van der Waals surface area (Å²) in [7, 11) is 0. The van der Waals surface area contributed by atoms with Crippen molar-refractivity contribution >= 4 is 11.7 Å². The molecule has 1 amide bonds. The maximum atomic E-state index is 12.5. The Morgan fingerprint density at radius 3 is 2.57 bits per heavy atom. The molecule has 0 aromatic carbocycles. The number of amides is 1. The second-order valence-electron chi connectivity index (χ2n) is 6.29. The van der Waals surface area contributed by atoms with E-state index in [1.165, 1.54) is 5.56 Å². The molecule has 114 valence electrons. The van der Waals surface area contributed by atoms with Crippen LogP contribution >= 0.6 is 0 Å². The van der Waals surface area contributed by atoms with Crippen LogP contribution in [0.1, 0.15) is 24.8 Å². The number of hydrogen-bond donors (Lipinski definition) is 1. The number of hydrogen-bond acceptors (Lipinski definition) is 4. The summed E-state index contributed by atoms with van der Waals surface area (Å²) >= 11 is 0. The summed E-state index contributed by atoms with van der Waals surface area (Å²) < 4.78 is 0. The van der Waals surface area contributed by atoms with Crippen LogP contribution in [-0.2, 0) is 4.79 Å². The first-order valence-corrected chi connectivity index (χ1v) is 7.85. The number of carbonyl (C=O) groups excluding carboxylic acids is 1. The van der Waals surface area contributed by atoms with E-state index >= 15 is 0 Å². The monoisotopic (exact) mass is 288 g/mol. The fourth-order valence-corrected chi connectivity index (χ4v) is 3.25. The number of carbonyl (C=O) groups is 1. The molecule has 3 heterocycles. The van der Waals surface area contributed by atoms with E-state index in [2.05, 4.69) is 22.0 Å². The van der Waals surface area contributed by atoms with Crippen molar-refractivity contribution in [3.05, 3.63) is 23.9 Å². The highest BCUT2D eigenvalue weighted by molar-refractivity contribution is 5.79. The van der Waals surface area contributed by atoms with Crippen LogP contribution < -0.4 is 10.6 Å². The SMILES string of the molecule is Cc1ccc(N2CCC(C(=O)N3CCC(N)C3)CC2)nc1. The highest BCUT2D eigenvalue weighted by Gasteiger charge is 2.31. The van der Waals surface area contributed by atoms with Gasteiger partial charge in [0.25, 0.3) is 0 Å². The molecule has 0 spiro atoms. The highest BCUT2D eigenvalue weighted by atomic mass is 16.2. The molecule has 1 aromatic heterocycles. The van der Waals surface area contributed by atoms with E-state index in [1.807, 2.05) is 18.0 Å². The van der Waals surface area contributed by atoms with Gasteiger partial charge in [0.2, 0.25) is 5.91 Å². The van der Waals surface area contributed by atoms with E-state index in [1.54, 1.807) is 0 Å². The maximum Gasteiger partial charge on any atom is 0.225 e. The summed E-state index contributed by atoms with van der Waals surface area (Å²) in [5.41, 5.74) is 7.07. The van der Waals surface area contributed by atoms with Gasteiger partial charge in [-0.1, -0.05) is 6.07 Å². The van der Waals surface area contributed by atoms with Crippen LogP contribution in [0, 0.1) is 12.8 Å². The first kappa shape index (κ1) is 14.3. The molecule has 5 nitrogen and oxygen atoms in total. The lowest BCUT2D eigenvalue weighted by molar-refractivity contribution is -0.135. The van der Waals surface area contributed by atoms with Crippen LogP contribution in [0.15, 0.2) is 18.3 Å². The van der Waals surface area contributed by atoms with Crippen molar-refractivity contribution in [3.8, 4) is 0 Å². The minimum absolute atomic E-state index is 0.164. The third-order valence-electron chi connectivity index (χ3n) is 4.60. The van der Waals surface area contributed by atoms with E-state index < -0.39 is 0 Å². The van der Waals surface area contributed by atoms with Gasteiger partial charge in [0.15, 0.2) is 0 Å². The number of aryl methyl sites for hydroxylation is 1. The number of nitrogens with two attached hydrogens (primary N) is 1. The average molecular weight is 288 g/mol. The van der Waals surface area contributed by atoms with Crippen molar-refractivity contribution in [2.75, 3.05) is 31.1 Å². The quantitative estimate of drug-likeness (QED) is 0.887. The Hall–Kier alpha value is -1.62. The van der Waals surface area contributed by atoms with Gasteiger partial charge in [-0.2, -0.15) is 0 Å². The minimum Gasteiger partial charge on any atom is -0.357 e. The molecule has 0 aliphatic carbocycles. The zero-order chi connectivity index (χ0) is 14.8. The lowest BCUT2D eigenvalue weighted by Crippen LogP contribution is -2.42. The Balaban J connectivity index is 1.55. The molecule has 2 fully saturated rings. The largest absolute Gasteiger partial charge is 0.357 e. The fourth-order valence-electron chi connectivity index (χ4n) is 3.25. The van der Waals surface area contributed by atoms with Crippen molar-refractivity contribution in [1.29, 1.82) is 0 Å². The van der Waals surface area contributed by atoms with Crippen LogP contribution in [0.4, 0.5) is 5.82 Å². The summed E-state index contributed by atoms with van der Waals surface area (Å²) in [5, 5.41) is 0. The van der Waals surface area contributed by atoms with E-state index in [4.69, 9.17) is 5.73 Å². The maximum absolute atomic E-state index is 12.5. The molecule has 5 heteroatoms. The molecule has 21 heavy (non-hydrogen) atoms. The molecule has 0 bridgehead atoms. The van der Waals surface area contributed by atoms with E-state index in [0.29, 0.717) is 5.91 Å². The fraction of sp³-hybridized carbons (Fsp3) is 0.625. The van der Waals surface area contributed by atoms with Gasteiger partial charge in [-0.15, -0.1) is 0 Å². The number of aromatic nitrogens is 1. The van der Waals surface area contributed by atoms with Gasteiger partial charge < -0.3 is 15.5 Å². The van der Waals surface area contributed by atoms with Crippen molar-refractivity contribution in [2.45, 2.75) is 32.2 Å². The first-order valence-electron chi connectivity index (χ1n) is 7.85. The Kier molecular flexibility index (Phi) is 4.10. The molecule has 0 radical (unpaired) electrons. The third kappa shape index (κ3) is 3.18. The standard InChI is InChI=1S/C16H24N4O/c1-12-2-3-15(18-10-12)19-7-4-13(5-8-19)16(21)20-9-6-14(17)11-20/h2-3,10,13-14H,4-9,11,17H2,1H3. The molecular formula is C16H24N4O. The zero-order valence-electron chi connectivity index (χ0n) is 12.7. The Morgan fingerprint density at radius 2 is 2.00 bits per heavy atom. The van der Waals surface area contributed by atoms with Crippen LogP contribution in [0.25, 0.3) is 0 Å². The zero-order valence-corrected chi connectivity index (χ0v) is 12.7. The Bertz CT molecular complexity index is 494. The second kappa shape index (κ2) is 6.02. The molecule has 1 unspecified atom stereocenters. The average Bonchev–Trinajstić information content (AvgIpc) is 2.94. The van der Waals surface area contributed by atoms with Crippen molar-refractivity contribution in [1.82, 2.24) is 9.88 Å². The summed E-state index contributed by atoms with van der Waals surface area (Å²) in [6, 6.07) is 4.33. The summed E-state index contributed by atoms with van der Waals surface area (Å²) in [6.07, 6.45) is 4.68. The predicted molar refractivity (Wildman–Crippen MR) is 83.1 cm³/mol. The number of anilines is 1. The Morgan fingerprint density at radius 1 is 1.24 bits per heavy atom. The first-order chi connectivity index (χ1) is 10.1.